The summed E-state index contributed by atoms with van der Waals surface area (Å²) in [7, 11) is 0. The van der Waals surface area contributed by atoms with Gasteiger partial charge in [-0.3, -0.25) is 4.57 Å². The molecule has 2 heterocycles. The highest BCUT2D eigenvalue weighted by molar-refractivity contribution is 5.92. The van der Waals surface area contributed by atoms with E-state index in [1.54, 1.807) is 16.7 Å². The number of ether oxygens (including phenoxy) is 1. The third-order valence-corrected chi connectivity index (χ3v) is 4.04. The van der Waals surface area contributed by atoms with Gasteiger partial charge in [0.05, 0.1) is 22.1 Å². The average Bonchev–Trinajstić information content (AvgIpc) is 2.74. The van der Waals surface area contributed by atoms with Crippen molar-refractivity contribution in [2.24, 2.45) is 0 Å². The van der Waals surface area contributed by atoms with E-state index in [2.05, 4.69) is 4.98 Å². The maximum atomic E-state index is 12.2. The van der Waals surface area contributed by atoms with Crippen molar-refractivity contribution in [1.29, 1.82) is 0 Å². The molecule has 3 rings (SSSR count). The molecule has 0 radical (unpaired) electrons. The van der Waals surface area contributed by atoms with Crippen molar-refractivity contribution in [2.45, 2.75) is 25.3 Å². The first kappa shape index (κ1) is 12.9. The lowest BCUT2D eigenvalue weighted by atomic mass is 9.92. The fourth-order valence-corrected chi connectivity index (χ4v) is 2.81. The minimum absolute atomic E-state index is 0.181. The van der Waals surface area contributed by atoms with Gasteiger partial charge in [-0.1, -0.05) is 0 Å². The monoisotopic (exact) mass is 276 g/mol. The van der Waals surface area contributed by atoms with Crippen LogP contribution < -0.4 is 5.69 Å². The summed E-state index contributed by atoms with van der Waals surface area (Å²) in [5, 5.41) is 9.10. The van der Waals surface area contributed by atoms with E-state index < -0.39 is 5.97 Å². The standard InChI is InChI=1S/C14H16N2O4/c1-14(4-6-20-7-5-14)16-11-8-9(12(17)18)2-3-10(11)15-13(16)19/h2-3,8H,4-7H2,1H3,(H,15,19)(H,17,18). The molecule has 1 aromatic carbocycles. The molecule has 2 N–H and O–H groups in total. The van der Waals surface area contributed by atoms with Crippen molar-refractivity contribution >= 4 is 17.0 Å². The van der Waals surface area contributed by atoms with Crippen LogP contribution in [0.3, 0.4) is 0 Å². The molecule has 0 bridgehead atoms. The Kier molecular flexibility index (Phi) is 2.90. The maximum Gasteiger partial charge on any atom is 0.335 e. The molecule has 6 nitrogen and oxygen atoms in total. The second kappa shape index (κ2) is 4.49. The van der Waals surface area contributed by atoms with E-state index in [-0.39, 0.29) is 16.8 Å². The van der Waals surface area contributed by atoms with Gasteiger partial charge in [-0.2, -0.15) is 0 Å². The third-order valence-electron chi connectivity index (χ3n) is 4.04. The highest BCUT2D eigenvalue weighted by Gasteiger charge is 2.32. The summed E-state index contributed by atoms with van der Waals surface area (Å²) in [6.07, 6.45) is 1.47. The Balaban J connectivity index is 2.23. The van der Waals surface area contributed by atoms with Crippen LogP contribution in [0.2, 0.25) is 0 Å². The molecule has 2 aromatic rings. The van der Waals surface area contributed by atoms with Gasteiger partial charge in [0.1, 0.15) is 0 Å². The number of fused-ring (bicyclic) bond motifs is 1. The van der Waals surface area contributed by atoms with Crippen molar-refractivity contribution in [3.8, 4) is 0 Å². The SMILES string of the molecule is CC1(n2c(=O)[nH]c3ccc(C(=O)O)cc32)CCOCC1. The number of carbonyl (C=O) groups is 1. The molecule has 0 aliphatic carbocycles. The molecular formula is C14H16N2O4. The number of aromatic amines is 1. The van der Waals surface area contributed by atoms with Crippen LogP contribution in [0.4, 0.5) is 0 Å². The Morgan fingerprint density at radius 2 is 2.10 bits per heavy atom. The van der Waals surface area contributed by atoms with Crippen LogP contribution in [0.25, 0.3) is 11.0 Å². The van der Waals surface area contributed by atoms with Gasteiger partial charge < -0.3 is 14.8 Å². The number of aromatic carboxylic acids is 1. The largest absolute Gasteiger partial charge is 0.478 e. The van der Waals surface area contributed by atoms with Gasteiger partial charge >= 0.3 is 11.7 Å². The van der Waals surface area contributed by atoms with E-state index in [1.807, 2.05) is 6.92 Å². The second-order valence-electron chi connectivity index (χ2n) is 5.41. The number of benzene rings is 1. The lowest BCUT2D eigenvalue weighted by Crippen LogP contribution is -2.41. The summed E-state index contributed by atoms with van der Waals surface area (Å²) < 4.78 is 7.04. The third kappa shape index (κ3) is 1.92. The van der Waals surface area contributed by atoms with E-state index in [1.165, 1.54) is 6.07 Å². The van der Waals surface area contributed by atoms with Crippen LogP contribution in [0.15, 0.2) is 23.0 Å². The molecule has 1 saturated heterocycles. The predicted octanol–water partition coefficient (Wildman–Crippen LogP) is 1.55. The highest BCUT2D eigenvalue weighted by Crippen LogP contribution is 2.30. The molecule has 6 heteroatoms. The van der Waals surface area contributed by atoms with Crippen molar-refractivity contribution in [1.82, 2.24) is 9.55 Å². The van der Waals surface area contributed by atoms with Gasteiger partial charge in [-0.25, -0.2) is 9.59 Å². The van der Waals surface area contributed by atoms with Crippen LogP contribution in [0.5, 0.6) is 0 Å². The number of hydrogen-bond donors (Lipinski definition) is 2. The van der Waals surface area contributed by atoms with Gasteiger partial charge in [0.15, 0.2) is 0 Å². The Labute approximate surface area is 115 Å². The summed E-state index contributed by atoms with van der Waals surface area (Å²) in [4.78, 5) is 26.1. The zero-order chi connectivity index (χ0) is 14.3. The van der Waals surface area contributed by atoms with Crippen molar-refractivity contribution < 1.29 is 14.6 Å². The van der Waals surface area contributed by atoms with E-state index in [0.717, 1.165) is 12.8 Å². The molecule has 1 aliphatic rings. The molecule has 1 aromatic heterocycles. The van der Waals surface area contributed by atoms with Crippen molar-refractivity contribution in [2.75, 3.05) is 13.2 Å². The zero-order valence-corrected chi connectivity index (χ0v) is 11.2. The van der Waals surface area contributed by atoms with Crippen LogP contribution in [0, 0.1) is 0 Å². The summed E-state index contributed by atoms with van der Waals surface area (Å²) in [5.41, 5.74) is 0.935. The fourth-order valence-electron chi connectivity index (χ4n) is 2.81. The Morgan fingerprint density at radius 1 is 1.40 bits per heavy atom. The molecule has 0 amide bonds. The summed E-state index contributed by atoms with van der Waals surface area (Å²) >= 11 is 0. The quantitative estimate of drug-likeness (QED) is 0.871. The fraction of sp³-hybridized carbons (Fsp3) is 0.429. The van der Waals surface area contributed by atoms with E-state index >= 15 is 0 Å². The van der Waals surface area contributed by atoms with Crippen LogP contribution in [-0.4, -0.2) is 33.8 Å². The van der Waals surface area contributed by atoms with Crippen LogP contribution in [-0.2, 0) is 10.3 Å². The minimum Gasteiger partial charge on any atom is -0.478 e. The number of nitrogens with zero attached hydrogens (tertiary/aromatic N) is 1. The predicted molar refractivity (Wildman–Crippen MR) is 73.2 cm³/mol. The molecule has 1 fully saturated rings. The molecule has 0 saturated carbocycles. The second-order valence-corrected chi connectivity index (χ2v) is 5.41. The molecular weight excluding hydrogens is 260 g/mol. The van der Waals surface area contributed by atoms with E-state index in [9.17, 15) is 9.59 Å². The number of nitrogens with one attached hydrogen (secondary N) is 1. The topological polar surface area (TPSA) is 84.3 Å². The summed E-state index contributed by atoms with van der Waals surface area (Å²) in [6.45, 7) is 3.22. The normalized spacial score (nSPS) is 18.2. The number of aromatic nitrogens is 2. The van der Waals surface area contributed by atoms with Crippen LogP contribution in [0.1, 0.15) is 30.1 Å². The smallest absolute Gasteiger partial charge is 0.335 e. The van der Waals surface area contributed by atoms with Crippen LogP contribution >= 0.6 is 0 Å². The zero-order valence-electron chi connectivity index (χ0n) is 11.2. The number of imidazole rings is 1. The van der Waals surface area contributed by atoms with Gasteiger partial charge in [0.25, 0.3) is 0 Å². The number of carboxylic acids is 1. The maximum absolute atomic E-state index is 12.2. The van der Waals surface area contributed by atoms with Gasteiger partial charge in [0, 0.05) is 13.2 Å². The molecule has 106 valence electrons. The number of hydrogen-bond acceptors (Lipinski definition) is 3. The van der Waals surface area contributed by atoms with Gasteiger partial charge in [-0.15, -0.1) is 0 Å². The highest BCUT2D eigenvalue weighted by atomic mass is 16.5. The average molecular weight is 276 g/mol. The summed E-state index contributed by atoms with van der Waals surface area (Å²) in [6, 6.07) is 4.69. The summed E-state index contributed by atoms with van der Waals surface area (Å²) in [5.74, 6) is -0.996. The molecule has 0 unspecified atom stereocenters. The Bertz CT molecular complexity index is 722. The minimum atomic E-state index is -0.996. The van der Waals surface area contributed by atoms with E-state index in [0.29, 0.717) is 24.2 Å². The molecule has 20 heavy (non-hydrogen) atoms. The Hall–Kier alpha value is -2.08. The lowest BCUT2D eigenvalue weighted by Gasteiger charge is -2.34. The van der Waals surface area contributed by atoms with E-state index in [4.69, 9.17) is 9.84 Å². The number of rotatable bonds is 2. The first-order valence-corrected chi connectivity index (χ1v) is 6.58. The first-order valence-electron chi connectivity index (χ1n) is 6.58. The molecule has 0 spiro atoms. The molecule has 0 atom stereocenters. The molecule has 1 aliphatic heterocycles. The Morgan fingerprint density at radius 3 is 2.75 bits per heavy atom. The van der Waals surface area contributed by atoms with Gasteiger partial charge in [-0.05, 0) is 38.0 Å². The lowest BCUT2D eigenvalue weighted by molar-refractivity contribution is 0.0299. The van der Waals surface area contributed by atoms with Crippen molar-refractivity contribution in [3.05, 3.63) is 34.2 Å². The number of carboxylic acid groups (broad SMARTS) is 1. The first-order chi connectivity index (χ1) is 9.51. The van der Waals surface area contributed by atoms with Crippen molar-refractivity contribution in [3.63, 3.8) is 0 Å². The number of H-pyrrole nitrogens is 1. The van der Waals surface area contributed by atoms with Gasteiger partial charge in [0.2, 0.25) is 0 Å².